The fraction of sp³-hybridized carbons (Fsp3) is 0.152. The molecular weight excluding hydrogens is 578 g/mol. The number of hydrogen-bond acceptors (Lipinski definition) is 9. The van der Waals surface area contributed by atoms with Gasteiger partial charge in [0.2, 0.25) is 0 Å². The summed E-state index contributed by atoms with van der Waals surface area (Å²) >= 11 is 1.25. The molecule has 1 heterocycles. The van der Waals surface area contributed by atoms with Gasteiger partial charge in [0.1, 0.15) is 6.61 Å². The molecule has 10 nitrogen and oxygen atoms in total. The molecule has 44 heavy (non-hydrogen) atoms. The fourth-order valence-corrected chi connectivity index (χ4v) is 5.04. The predicted molar refractivity (Wildman–Crippen MR) is 170 cm³/mol. The second kappa shape index (κ2) is 14.7. The normalized spacial score (nSPS) is 10.9. The van der Waals surface area contributed by atoms with Gasteiger partial charge in [0.25, 0.3) is 5.91 Å². The van der Waals surface area contributed by atoms with Crippen molar-refractivity contribution in [2.75, 3.05) is 27.1 Å². The zero-order valence-electron chi connectivity index (χ0n) is 24.5. The molecule has 1 amide bonds. The van der Waals surface area contributed by atoms with Crippen molar-refractivity contribution in [1.29, 1.82) is 0 Å². The summed E-state index contributed by atoms with van der Waals surface area (Å²) in [5.41, 5.74) is 6.01. The maximum absolute atomic E-state index is 12.7. The van der Waals surface area contributed by atoms with Gasteiger partial charge in [0.15, 0.2) is 34.0 Å². The molecule has 11 heteroatoms. The molecule has 1 N–H and O–H groups in total. The Labute approximate surface area is 259 Å². The van der Waals surface area contributed by atoms with Crippen molar-refractivity contribution >= 4 is 23.9 Å². The maximum Gasteiger partial charge on any atom is 0.250 e. The highest BCUT2D eigenvalue weighted by atomic mass is 32.2. The van der Waals surface area contributed by atoms with Crippen LogP contribution in [0.3, 0.4) is 0 Å². The molecule has 0 aliphatic heterocycles. The summed E-state index contributed by atoms with van der Waals surface area (Å²) in [5.74, 6) is 2.75. The minimum absolute atomic E-state index is 0.0732. The molecule has 5 rings (SSSR count). The quantitative estimate of drug-likeness (QED) is 0.102. The van der Waals surface area contributed by atoms with E-state index >= 15 is 0 Å². The van der Waals surface area contributed by atoms with Crippen molar-refractivity contribution < 1.29 is 23.7 Å². The van der Waals surface area contributed by atoms with Crippen LogP contribution in [0.25, 0.3) is 17.1 Å². The number of thioether (sulfide) groups is 1. The van der Waals surface area contributed by atoms with Gasteiger partial charge < -0.3 is 18.9 Å². The molecule has 5 aromatic rings. The van der Waals surface area contributed by atoms with E-state index in [0.29, 0.717) is 40.6 Å². The molecule has 4 aromatic carbocycles. The highest BCUT2D eigenvalue weighted by Crippen LogP contribution is 2.34. The van der Waals surface area contributed by atoms with Crippen LogP contribution < -0.4 is 24.4 Å². The summed E-state index contributed by atoms with van der Waals surface area (Å²) < 4.78 is 24.2. The van der Waals surface area contributed by atoms with Crippen LogP contribution in [-0.2, 0) is 11.4 Å². The summed E-state index contributed by atoms with van der Waals surface area (Å²) in [4.78, 5) is 12.7. The number of nitrogens with zero attached hydrogens (tertiary/aromatic N) is 4. The van der Waals surface area contributed by atoms with Gasteiger partial charge in [0, 0.05) is 11.3 Å². The SMILES string of the molecule is COc1ccc(-c2nnc(SCC(=O)NN=Cc3ccc(OCc4ccccc4)c(OC)c3)n2-c2ccccc2)cc1OC. The fourth-order valence-electron chi connectivity index (χ4n) is 4.30. The third kappa shape index (κ3) is 7.37. The van der Waals surface area contributed by atoms with Crippen LogP contribution in [0.15, 0.2) is 107 Å². The number of hydrogen-bond donors (Lipinski definition) is 1. The lowest BCUT2D eigenvalue weighted by Crippen LogP contribution is -2.20. The van der Waals surface area contributed by atoms with Gasteiger partial charge >= 0.3 is 0 Å². The van der Waals surface area contributed by atoms with Crippen LogP contribution in [0.2, 0.25) is 0 Å². The van der Waals surface area contributed by atoms with E-state index in [4.69, 9.17) is 18.9 Å². The van der Waals surface area contributed by atoms with Crippen molar-refractivity contribution in [3.05, 3.63) is 108 Å². The summed E-state index contributed by atoms with van der Waals surface area (Å²) in [6.07, 6.45) is 1.55. The molecule has 0 saturated heterocycles. The van der Waals surface area contributed by atoms with E-state index in [1.54, 1.807) is 33.6 Å². The topological polar surface area (TPSA) is 109 Å². The largest absolute Gasteiger partial charge is 0.493 e. The number of nitrogens with one attached hydrogen (secondary N) is 1. The van der Waals surface area contributed by atoms with Crippen LogP contribution in [-0.4, -0.2) is 54.0 Å². The van der Waals surface area contributed by atoms with Crippen LogP contribution in [0.5, 0.6) is 23.0 Å². The Morgan fingerprint density at radius 2 is 1.50 bits per heavy atom. The van der Waals surface area contributed by atoms with E-state index in [-0.39, 0.29) is 11.7 Å². The third-order valence-electron chi connectivity index (χ3n) is 6.45. The van der Waals surface area contributed by atoms with Crippen molar-refractivity contribution in [3.8, 4) is 40.1 Å². The number of rotatable bonds is 13. The Balaban J connectivity index is 1.24. The molecule has 0 aliphatic carbocycles. The molecular formula is C33H31N5O5S. The lowest BCUT2D eigenvalue weighted by atomic mass is 10.2. The van der Waals surface area contributed by atoms with Crippen LogP contribution >= 0.6 is 11.8 Å². The van der Waals surface area contributed by atoms with Gasteiger partial charge in [-0.05, 0) is 59.7 Å². The number of hydrazone groups is 1. The molecule has 1 aromatic heterocycles. The van der Waals surface area contributed by atoms with Crippen molar-refractivity contribution in [2.24, 2.45) is 5.10 Å². The highest BCUT2D eigenvalue weighted by molar-refractivity contribution is 7.99. The van der Waals surface area contributed by atoms with Gasteiger partial charge in [-0.15, -0.1) is 10.2 Å². The smallest absolute Gasteiger partial charge is 0.250 e. The minimum Gasteiger partial charge on any atom is -0.493 e. The molecule has 0 unspecified atom stereocenters. The number of benzene rings is 4. The number of carbonyl (C=O) groups excluding carboxylic acids is 1. The zero-order chi connectivity index (χ0) is 30.7. The van der Waals surface area contributed by atoms with Gasteiger partial charge in [-0.2, -0.15) is 5.10 Å². The molecule has 0 radical (unpaired) electrons. The first-order valence-electron chi connectivity index (χ1n) is 13.6. The van der Waals surface area contributed by atoms with Gasteiger partial charge in [-0.25, -0.2) is 5.43 Å². The average Bonchev–Trinajstić information content (AvgIpc) is 3.51. The molecule has 0 atom stereocenters. The van der Waals surface area contributed by atoms with E-state index in [0.717, 1.165) is 22.4 Å². The Morgan fingerprint density at radius 3 is 2.23 bits per heavy atom. The van der Waals surface area contributed by atoms with Crippen molar-refractivity contribution in [3.63, 3.8) is 0 Å². The van der Waals surface area contributed by atoms with Crippen LogP contribution in [0.4, 0.5) is 0 Å². The Hall–Kier alpha value is -5.29. The maximum atomic E-state index is 12.7. The Bertz CT molecular complexity index is 1730. The molecule has 0 fully saturated rings. The first-order valence-corrected chi connectivity index (χ1v) is 14.6. The summed E-state index contributed by atoms with van der Waals surface area (Å²) in [6, 6.07) is 30.6. The molecule has 0 spiro atoms. The molecule has 0 bridgehead atoms. The van der Waals surface area contributed by atoms with E-state index in [9.17, 15) is 4.79 Å². The van der Waals surface area contributed by atoms with E-state index in [1.807, 2.05) is 95.6 Å². The number of methoxy groups -OCH3 is 3. The second-order valence-corrected chi connectivity index (χ2v) is 10.3. The second-order valence-electron chi connectivity index (χ2n) is 9.31. The standard InChI is InChI=1S/C33H31N5O5S/c1-40-27-17-15-25(19-30(27)42-3)32-36-37-33(38(32)26-12-8-5-9-13-26)44-22-31(39)35-34-20-24-14-16-28(29(18-24)41-2)43-21-23-10-6-4-7-11-23/h4-20H,21-22H2,1-3H3,(H,35,39). The number of aromatic nitrogens is 3. The average molecular weight is 610 g/mol. The molecule has 0 saturated carbocycles. The van der Waals surface area contributed by atoms with E-state index in [2.05, 4.69) is 20.7 Å². The number of ether oxygens (including phenoxy) is 4. The number of carbonyl (C=O) groups is 1. The first kappa shape index (κ1) is 30.2. The van der Waals surface area contributed by atoms with Gasteiger partial charge in [0.05, 0.1) is 33.3 Å². The van der Waals surface area contributed by atoms with Crippen LogP contribution in [0.1, 0.15) is 11.1 Å². The summed E-state index contributed by atoms with van der Waals surface area (Å²) in [6.45, 7) is 0.423. The van der Waals surface area contributed by atoms with Gasteiger partial charge in [-0.3, -0.25) is 9.36 Å². The first-order chi connectivity index (χ1) is 21.6. The zero-order valence-corrected chi connectivity index (χ0v) is 25.3. The Kier molecular flexibility index (Phi) is 10.1. The Morgan fingerprint density at radius 1 is 0.818 bits per heavy atom. The monoisotopic (exact) mass is 609 g/mol. The predicted octanol–water partition coefficient (Wildman–Crippen LogP) is 5.78. The number of amides is 1. The van der Waals surface area contributed by atoms with Crippen molar-refractivity contribution in [2.45, 2.75) is 11.8 Å². The van der Waals surface area contributed by atoms with Crippen LogP contribution in [0, 0.1) is 0 Å². The number of para-hydroxylation sites is 1. The third-order valence-corrected chi connectivity index (χ3v) is 7.38. The molecule has 0 aliphatic rings. The van der Waals surface area contributed by atoms with Gasteiger partial charge in [-0.1, -0.05) is 60.3 Å². The van der Waals surface area contributed by atoms with E-state index < -0.39 is 0 Å². The minimum atomic E-state index is -0.295. The molecule has 224 valence electrons. The van der Waals surface area contributed by atoms with Crippen molar-refractivity contribution in [1.82, 2.24) is 20.2 Å². The lowest BCUT2D eigenvalue weighted by molar-refractivity contribution is -0.118. The van der Waals surface area contributed by atoms with E-state index in [1.165, 1.54) is 11.8 Å². The highest BCUT2D eigenvalue weighted by Gasteiger charge is 2.19. The summed E-state index contributed by atoms with van der Waals surface area (Å²) in [5, 5.41) is 13.5. The summed E-state index contributed by atoms with van der Waals surface area (Å²) in [7, 11) is 4.75. The lowest BCUT2D eigenvalue weighted by Gasteiger charge is -2.12.